The summed E-state index contributed by atoms with van der Waals surface area (Å²) in [5.41, 5.74) is 3.03. The zero-order valence-corrected chi connectivity index (χ0v) is 15.3. The number of rotatable bonds is 6. The van der Waals surface area contributed by atoms with Crippen LogP contribution in [0.1, 0.15) is 36.5 Å². The maximum Gasteiger partial charge on any atom is 0.336 e. The van der Waals surface area contributed by atoms with Crippen LogP contribution in [0.15, 0.2) is 42.5 Å². The summed E-state index contributed by atoms with van der Waals surface area (Å²) in [4.78, 5) is 12.1. The average Bonchev–Trinajstić information content (AvgIpc) is 2.59. The third kappa shape index (κ3) is 5.11. The number of ether oxygens (including phenoxy) is 3. The second-order valence-electron chi connectivity index (χ2n) is 6.10. The molecule has 4 heteroatoms. The van der Waals surface area contributed by atoms with Crippen LogP contribution in [-0.2, 0) is 4.79 Å². The summed E-state index contributed by atoms with van der Waals surface area (Å²) in [5.74, 6) is 1.77. The van der Waals surface area contributed by atoms with Gasteiger partial charge in [0.25, 0.3) is 0 Å². The quantitative estimate of drug-likeness (QED) is 0.432. The molecule has 0 heterocycles. The van der Waals surface area contributed by atoms with Crippen LogP contribution in [-0.4, -0.2) is 20.2 Å². The Morgan fingerprint density at radius 3 is 2.36 bits per heavy atom. The van der Waals surface area contributed by atoms with Gasteiger partial charge in [-0.15, -0.1) is 0 Å². The molecule has 4 nitrogen and oxygen atoms in total. The topological polar surface area (TPSA) is 44.8 Å². The molecule has 0 aliphatic rings. The summed E-state index contributed by atoms with van der Waals surface area (Å²) >= 11 is 0. The molecule has 0 saturated carbocycles. The van der Waals surface area contributed by atoms with Crippen LogP contribution in [0.3, 0.4) is 0 Å². The Morgan fingerprint density at radius 2 is 1.72 bits per heavy atom. The normalized spacial score (nSPS) is 11.0. The summed E-state index contributed by atoms with van der Waals surface area (Å²) in [6.45, 7) is 6.21. The average molecular weight is 340 g/mol. The van der Waals surface area contributed by atoms with Gasteiger partial charge in [0.1, 0.15) is 5.75 Å². The van der Waals surface area contributed by atoms with E-state index in [4.69, 9.17) is 14.2 Å². The zero-order chi connectivity index (χ0) is 18.4. The van der Waals surface area contributed by atoms with Crippen LogP contribution in [0, 0.1) is 6.92 Å². The first-order valence-corrected chi connectivity index (χ1v) is 8.16. The fourth-order valence-electron chi connectivity index (χ4n) is 2.44. The Morgan fingerprint density at radius 1 is 1.00 bits per heavy atom. The van der Waals surface area contributed by atoms with E-state index >= 15 is 0 Å². The Labute approximate surface area is 149 Å². The molecule has 0 amide bonds. The molecule has 0 saturated heterocycles. The van der Waals surface area contributed by atoms with E-state index in [-0.39, 0.29) is 0 Å². The minimum absolute atomic E-state index is 0.375. The first-order chi connectivity index (χ1) is 11.9. The number of methoxy groups -OCH3 is 2. The fourth-order valence-corrected chi connectivity index (χ4v) is 2.44. The largest absolute Gasteiger partial charge is 0.493 e. The highest BCUT2D eigenvalue weighted by Crippen LogP contribution is 2.28. The van der Waals surface area contributed by atoms with Crippen molar-refractivity contribution in [1.29, 1.82) is 0 Å². The van der Waals surface area contributed by atoms with Crippen LogP contribution in [0.5, 0.6) is 17.2 Å². The molecule has 0 bridgehead atoms. The summed E-state index contributed by atoms with van der Waals surface area (Å²) in [6, 6.07) is 11.3. The molecule has 0 aromatic heterocycles. The molecular weight excluding hydrogens is 316 g/mol. The second kappa shape index (κ2) is 8.38. The van der Waals surface area contributed by atoms with E-state index in [0.717, 1.165) is 16.7 Å². The lowest BCUT2D eigenvalue weighted by Gasteiger charge is -2.10. The van der Waals surface area contributed by atoms with Gasteiger partial charge in [-0.05, 0) is 59.9 Å². The first-order valence-electron chi connectivity index (χ1n) is 8.16. The molecule has 2 rings (SSSR count). The van der Waals surface area contributed by atoms with Crippen molar-refractivity contribution in [3.8, 4) is 17.2 Å². The summed E-state index contributed by atoms with van der Waals surface area (Å²) in [6.07, 6.45) is 3.09. The van der Waals surface area contributed by atoms with Crippen LogP contribution in [0.2, 0.25) is 0 Å². The molecule has 0 atom stereocenters. The maximum atomic E-state index is 12.1. The van der Waals surface area contributed by atoms with Gasteiger partial charge in [-0.2, -0.15) is 0 Å². The molecule has 2 aromatic carbocycles. The van der Waals surface area contributed by atoms with Crippen LogP contribution in [0.25, 0.3) is 6.08 Å². The van der Waals surface area contributed by atoms with Crippen molar-refractivity contribution in [3.63, 3.8) is 0 Å². The fraction of sp³-hybridized carbons (Fsp3) is 0.286. The number of hydrogen-bond acceptors (Lipinski definition) is 4. The molecule has 0 radical (unpaired) electrons. The van der Waals surface area contributed by atoms with Crippen LogP contribution in [0.4, 0.5) is 0 Å². The number of carbonyl (C=O) groups excluding carboxylic acids is 1. The highest BCUT2D eigenvalue weighted by atomic mass is 16.5. The minimum Gasteiger partial charge on any atom is -0.493 e. The van der Waals surface area contributed by atoms with Gasteiger partial charge in [0.05, 0.1) is 14.2 Å². The predicted octanol–water partition coefficient (Wildman–Crippen LogP) is 4.75. The Kier molecular flexibility index (Phi) is 6.23. The van der Waals surface area contributed by atoms with Crippen molar-refractivity contribution >= 4 is 12.0 Å². The van der Waals surface area contributed by atoms with E-state index in [2.05, 4.69) is 19.9 Å². The van der Waals surface area contributed by atoms with Gasteiger partial charge in [0.2, 0.25) is 0 Å². The van der Waals surface area contributed by atoms with Gasteiger partial charge in [-0.25, -0.2) is 4.79 Å². The minimum atomic E-state index is -0.421. The van der Waals surface area contributed by atoms with Crippen molar-refractivity contribution in [1.82, 2.24) is 0 Å². The molecule has 0 aliphatic carbocycles. The Bertz CT molecular complexity index is 775. The lowest BCUT2D eigenvalue weighted by molar-refractivity contribution is -0.128. The first kappa shape index (κ1) is 18.6. The van der Waals surface area contributed by atoms with Gasteiger partial charge in [0, 0.05) is 6.08 Å². The van der Waals surface area contributed by atoms with Gasteiger partial charge < -0.3 is 14.2 Å². The summed E-state index contributed by atoms with van der Waals surface area (Å²) < 4.78 is 15.9. The van der Waals surface area contributed by atoms with Gasteiger partial charge in [-0.3, -0.25) is 0 Å². The molecule has 25 heavy (non-hydrogen) atoms. The Balaban J connectivity index is 2.11. The summed E-state index contributed by atoms with van der Waals surface area (Å²) in [7, 11) is 3.15. The molecule has 2 aromatic rings. The monoisotopic (exact) mass is 340 g/mol. The zero-order valence-electron chi connectivity index (χ0n) is 15.3. The van der Waals surface area contributed by atoms with E-state index < -0.39 is 5.97 Å². The molecule has 0 fully saturated rings. The number of aryl methyl sites for hydroxylation is 1. The molecule has 0 unspecified atom stereocenters. The molecular formula is C21H24O4. The van der Waals surface area contributed by atoms with Gasteiger partial charge >= 0.3 is 5.97 Å². The van der Waals surface area contributed by atoms with E-state index in [1.807, 2.05) is 25.1 Å². The highest BCUT2D eigenvalue weighted by molar-refractivity contribution is 5.88. The van der Waals surface area contributed by atoms with Crippen molar-refractivity contribution < 1.29 is 19.0 Å². The maximum absolute atomic E-state index is 12.1. The smallest absolute Gasteiger partial charge is 0.336 e. The lowest BCUT2D eigenvalue weighted by Crippen LogP contribution is -2.04. The third-order valence-corrected chi connectivity index (χ3v) is 3.78. The molecule has 0 spiro atoms. The van der Waals surface area contributed by atoms with E-state index in [1.54, 1.807) is 32.4 Å². The Hall–Kier alpha value is -2.75. The summed E-state index contributed by atoms with van der Waals surface area (Å²) in [5, 5.41) is 0. The molecule has 0 aliphatic heterocycles. The number of esters is 1. The van der Waals surface area contributed by atoms with Crippen molar-refractivity contribution in [2.75, 3.05) is 14.2 Å². The van der Waals surface area contributed by atoms with Crippen LogP contribution < -0.4 is 14.2 Å². The SMILES string of the molecule is COc1ccc(C=CC(=O)Oc2cc(C)cc(C(C)C)c2)cc1OC. The lowest BCUT2D eigenvalue weighted by atomic mass is 10.0. The molecule has 132 valence electrons. The van der Waals surface area contributed by atoms with Crippen molar-refractivity contribution in [2.24, 2.45) is 0 Å². The van der Waals surface area contributed by atoms with Crippen molar-refractivity contribution in [2.45, 2.75) is 26.7 Å². The van der Waals surface area contributed by atoms with Gasteiger partial charge in [-0.1, -0.05) is 26.0 Å². The number of hydrogen-bond donors (Lipinski definition) is 0. The number of benzene rings is 2. The van der Waals surface area contributed by atoms with Crippen molar-refractivity contribution in [3.05, 3.63) is 59.2 Å². The highest BCUT2D eigenvalue weighted by Gasteiger charge is 2.07. The number of carbonyl (C=O) groups is 1. The second-order valence-corrected chi connectivity index (χ2v) is 6.10. The van der Waals surface area contributed by atoms with E-state index in [0.29, 0.717) is 23.2 Å². The molecule has 0 N–H and O–H groups in total. The van der Waals surface area contributed by atoms with E-state index in [9.17, 15) is 4.79 Å². The van der Waals surface area contributed by atoms with Gasteiger partial charge in [0.15, 0.2) is 11.5 Å². The standard InChI is InChI=1S/C21H24O4/c1-14(2)17-10-15(3)11-18(13-17)25-21(22)9-7-16-6-8-19(23-4)20(12-16)24-5/h6-14H,1-5H3. The van der Waals surface area contributed by atoms with Crippen LogP contribution >= 0.6 is 0 Å². The predicted molar refractivity (Wildman–Crippen MR) is 99.5 cm³/mol. The third-order valence-electron chi connectivity index (χ3n) is 3.78. The van der Waals surface area contributed by atoms with E-state index in [1.165, 1.54) is 6.08 Å².